The van der Waals surface area contributed by atoms with Gasteiger partial charge in [0.05, 0.1) is 84.7 Å². The van der Waals surface area contributed by atoms with Crippen LogP contribution in [-0.2, 0) is 0 Å². The van der Waals surface area contributed by atoms with Crippen LogP contribution in [0.2, 0.25) is 0 Å². The molecule has 0 amide bonds. The molecule has 41 heavy (non-hydrogen) atoms. The molecular weight excluding hydrogens is 572 g/mol. The van der Waals surface area contributed by atoms with Gasteiger partial charge in [-0.15, -0.1) is 0 Å². The van der Waals surface area contributed by atoms with Gasteiger partial charge < -0.3 is 102 Å². The molecule has 256 valence electrons. The van der Waals surface area contributed by atoms with Gasteiger partial charge in [-0.1, -0.05) is 0 Å². The maximum atomic E-state index is 8.50. The molecule has 0 aromatic carbocycles. The normalized spacial score (nSPS) is 16.7. The first-order valence-corrected chi connectivity index (χ1v) is 11.9. The smallest absolute Gasteiger partial charge is 0.105 e. The first-order valence-electron chi connectivity index (χ1n) is 11.9. The van der Waals surface area contributed by atoms with Crippen LogP contribution in [0.15, 0.2) is 0 Å². The molecule has 0 aliphatic carbocycles. The van der Waals surface area contributed by atoms with Crippen molar-refractivity contribution in [2.75, 3.05) is 79.3 Å². The van der Waals surface area contributed by atoms with Crippen molar-refractivity contribution in [2.24, 2.45) is 5.41 Å². The van der Waals surface area contributed by atoms with Gasteiger partial charge in [0.2, 0.25) is 0 Å². The van der Waals surface area contributed by atoms with Crippen molar-refractivity contribution in [1.29, 1.82) is 0 Å². The Kier molecular flexibility index (Phi) is 41.0. The Balaban J connectivity index is -0.000000132. The van der Waals surface area contributed by atoms with Crippen LogP contribution < -0.4 is 0 Å². The molecular formula is C21H52O20. The molecule has 0 aromatic rings. The van der Waals surface area contributed by atoms with Crippen molar-refractivity contribution in [1.82, 2.24) is 0 Å². The standard InChI is InChI=1S/C5H12O4.4C4H10O4/c6-1-5(2-7,3-8)4-9;4*5-1-3(7)4(8)2-6/h6-9H,1-4H2;4*3-8H,1-2H2/t;4*3-,4+. The molecule has 0 fully saturated rings. The van der Waals surface area contributed by atoms with E-state index in [0.29, 0.717) is 0 Å². The van der Waals surface area contributed by atoms with E-state index in [1.54, 1.807) is 0 Å². The van der Waals surface area contributed by atoms with E-state index in [2.05, 4.69) is 0 Å². The highest BCUT2D eigenvalue weighted by atomic mass is 16.4. The van der Waals surface area contributed by atoms with Gasteiger partial charge in [0.25, 0.3) is 0 Å². The summed E-state index contributed by atoms with van der Waals surface area (Å²) in [5.41, 5.74) is -1.11. The Bertz CT molecular complexity index is 374. The molecule has 0 heterocycles. The molecule has 20 heteroatoms. The maximum absolute atomic E-state index is 8.50. The Labute approximate surface area is 236 Å². The largest absolute Gasteiger partial charge is 0.396 e. The maximum Gasteiger partial charge on any atom is 0.105 e. The van der Waals surface area contributed by atoms with Crippen LogP contribution in [0.5, 0.6) is 0 Å². The van der Waals surface area contributed by atoms with Crippen LogP contribution in [0.3, 0.4) is 0 Å². The summed E-state index contributed by atoms with van der Waals surface area (Å²) in [6.45, 7) is -5.83. The summed E-state index contributed by atoms with van der Waals surface area (Å²) in [7, 11) is 0. The topological polar surface area (TPSA) is 405 Å². The van der Waals surface area contributed by atoms with Crippen LogP contribution in [0.4, 0.5) is 0 Å². The van der Waals surface area contributed by atoms with Gasteiger partial charge in [-0.2, -0.15) is 0 Å². The third-order valence-electron chi connectivity index (χ3n) is 4.61. The van der Waals surface area contributed by atoms with Crippen LogP contribution in [0.1, 0.15) is 0 Å². The summed E-state index contributed by atoms with van der Waals surface area (Å²) in [6, 6.07) is 0. The molecule has 0 spiro atoms. The minimum absolute atomic E-state index is 0.406. The molecule has 0 aromatic heterocycles. The van der Waals surface area contributed by atoms with E-state index in [4.69, 9.17) is 102 Å². The highest BCUT2D eigenvalue weighted by molar-refractivity contribution is 4.75. The highest BCUT2D eigenvalue weighted by Crippen LogP contribution is 2.11. The van der Waals surface area contributed by atoms with Gasteiger partial charge in [0, 0.05) is 0 Å². The van der Waals surface area contributed by atoms with Crippen LogP contribution >= 0.6 is 0 Å². The number of rotatable bonds is 16. The minimum atomic E-state index is -1.22. The van der Waals surface area contributed by atoms with Crippen molar-refractivity contribution in [3.05, 3.63) is 0 Å². The fraction of sp³-hybridized carbons (Fsp3) is 1.00. The Hall–Kier alpha value is -0.800. The first-order chi connectivity index (χ1) is 19.1. The SMILES string of the molecule is OCC(CO)(CO)CO.OC[C@@H](O)[C@@H](O)CO.OC[C@@H](O)[C@@H](O)CO.OC[C@@H](O)[C@@H](O)CO.OC[C@@H](O)[C@@H](O)CO. The highest BCUT2D eigenvalue weighted by Gasteiger charge is 2.26. The van der Waals surface area contributed by atoms with Gasteiger partial charge >= 0.3 is 0 Å². The third kappa shape index (κ3) is 29.1. The predicted molar refractivity (Wildman–Crippen MR) is 136 cm³/mol. The number of aliphatic hydroxyl groups excluding tert-OH is 20. The van der Waals surface area contributed by atoms with Gasteiger partial charge in [-0.3, -0.25) is 0 Å². The molecule has 0 saturated carbocycles. The molecule has 20 nitrogen and oxygen atoms in total. The molecule has 0 saturated heterocycles. The molecule has 0 bridgehead atoms. The first kappa shape index (κ1) is 49.9. The summed E-state index contributed by atoms with van der Waals surface area (Å²) in [5.74, 6) is 0. The molecule has 8 atom stereocenters. The number of hydrogen-bond donors (Lipinski definition) is 20. The molecule has 0 aliphatic rings. The van der Waals surface area contributed by atoms with Crippen LogP contribution in [0, 0.1) is 5.41 Å². The van der Waals surface area contributed by atoms with E-state index >= 15 is 0 Å². The van der Waals surface area contributed by atoms with E-state index in [1.807, 2.05) is 0 Å². The Morgan fingerprint density at radius 2 is 0.341 bits per heavy atom. The van der Waals surface area contributed by atoms with E-state index < -0.39 is 134 Å². The average molecular weight is 625 g/mol. The van der Waals surface area contributed by atoms with Crippen molar-refractivity contribution in [3.8, 4) is 0 Å². The van der Waals surface area contributed by atoms with Crippen molar-refractivity contribution >= 4 is 0 Å². The number of aliphatic hydroxyl groups is 20. The summed E-state index contributed by atoms with van der Waals surface area (Å²) in [6.07, 6.45) is -9.78. The Morgan fingerprint density at radius 1 is 0.244 bits per heavy atom. The van der Waals surface area contributed by atoms with Crippen molar-refractivity contribution < 1.29 is 102 Å². The lowest BCUT2D eigenvalue weighted by Gasteiger charge is -2.23. The second-order valence-corrected chi connectivity index (χ2v) is 8.13. The second kappa shape index (κ2) is 33.7. The van der Waals surface area contributed by atoms with E-state index in [-0.39, 0.29) is 0 Å². The van der Waals surface area contributed by atoms with Crippen LogP contribution in [0.25, 0.3) is 0 Å². The van der Waals surface area contributed by atoms with Gasteiger partial charge in [-0.05, 0) is 0 Å². The lowest BCUT2D eigenvalue weighted by molar-refractivity contribution is -0.0388. The molecule has 0 radical (unpaired) electrons. The lowest BCUT2D eigenvalue weighted by Crippen LogP contribution is -2.37. The fourth-order valence-electron chi connectivity index (χ4n) is 1.27. The minimum Gasteiger partial charge on any atom is -0.396 e. The van der Waals surface area contributed by atoms with E-state index in [9.17, 15) is 0 Å². The van der Waals surface area contributed by atoms with E-state index in [1.165, 1.54) is 0 Å². The fourth-order valence-corrected chi connectivity index (χ4v) is 1.27. The lowest BCUT2D eigenvalue weighted by atomic mass is 9.93. The molecule has 0 rings (SSSR count). The zero-order valence-corrected chi connectivity index (χ0v) is 22.5. The van der Waals surface area contributed by atoms with Gasteiger partial charge in [-0.25, -0.2) is 0 Å². The van der Waals surface area contributed by atoms with Gasteiger partial charge in [0.1, 0.15) is 48.8 Å². The molecule has 20 N–H and O–H groups in total. The third-order valence-corrected chi connectivity index (χ3v) is 4.61. The van der Waals surface area contributed by atoms with Crippen molar-refractivity contribution in [3.63, 3.8) is 0 Å². The van der Waals surface area contributed by atoms with Gasteiger partial charge in [0.15, 0.2) is 0 Å². The zero-order chi connectivity index (χ0) is 33.6. The van der Waals surface area contributed by atoms with Crippen molar-refractivity contribution in [2.45, 2.75) is 48.8 Å². The summed E-state index contributed by atoms with van der Waals surface area (Å²) in [5, 5.41) is 167. The summed E-state index contributed by atoms with van der Waals surface area (Å²) >= 11 is 0. The summed E-state index contributed by atoms with van der Waals surface area (Å²) in [4.78, 5) is 0. The number of hydrogen-bond acceptors (Lipinski definition) is 20. The zero-order valence-electron chi connectivity index (χ0n) is 22.5. The average Bonchev–Trinajstić information content (AvgIpc) is 3.03. The predicted octanol–water partition coefficient (Wildman–Crippen LogP) is -11.3. The van der Waals surface area contributed by atoms with E-state index in [0.717, 1.165) is 0 Å². The summed E-state index contributed by atoms with van der Waals surface area (Å²) < 4.78 is 0. The quantitative estimate of drug-likeness (QED) is 0.0757. The monoisotopic (exact) mass is 624 g/mol. The Morgan fingerprint density at radius 3 is 0.366 bits per heavy atom. The molecule has 0 aliphatic heterocycles. The second-order valence-electron chi connectivity index (χ2n) is 8.13. The van der Waals surface area contributed by atoms with Crippen LogP contribution in [-0.4, -0.2) is 230 Å². The molecule has 0 unspecified atom stereocenters.